The van der Waals surface area contributed by atoms with Crippen LogP contribution in [0.15, 0.2) is 22.7 Å². The molecule has 20 heavy (non-hydrogen) atoms. The standard InChI is InChI=1S/C13H15BrN4OS/c1-3-16-13-18-11(15)10(20-13)12(19)17-8-4-5-9(14)7(2)6-8/h4-6H,3,15H2,1-2H3,(H,16,18)(H,17,19). The van der Waals surface area contributed by atoms with Crippen molar-refractivity contribution in [1.82, 2.24) is 4.98 Å². The number of carbonyl (C=O) groups excluding carboxylic acids is 1. The van der Waals surface area contributed by atoms with Crippen molar-refractivity contribution in [3.63, 3.8) is 0 Å². The third kappa shape index (κ3) is 3.29. The van der Waals surface area contributed by atoms with Crippen LogP contribution in [0.1, 0.15) is 22.2 Å². The van der Waals surface area contributed by atoms with E-state index in [0.29, 0.717) is 10.0 Å². The number of anilines is 3. The summed E-state index contributed by atoms with van der Waals surface area (Å²) in [4.78, 5) is 16.7. The van der Waals surface area contributed by atoms with Gasteiger partial charge in [0.1, 0.15) is 10.7 Å². The van der Waals surface area contributed by atoms with E-state index in [0.717, 1.165) is 22.3 Å². The highest BCUT2D eigenvalue weighted by Gasteiger charge is 2.16. The van der Waals surface area contributed by atoms with Gasteiger partial charge in [0.25, 0.3) is 5.91 Å². The molecule has 0 radical (unpaired) electrons. The van der Waals surface area contributed by atoms with Crippen LogP contribution < -0.4 is 16.4 Å². The molecule has 2 rings (SSSR count). The van der Waals surface area contributed by atoms with Gasteiger partial charge >= 0.3 is 0 Å². The summed E-state index contributed by atoms with van der Waals surface area (Å²) < 4.78 is 1.00. The van der Waals surface area contributed by atoms with E-state index in [9.17, 15) is 4.79 Å². The van der Waals surface area contributed by atoms with Gasteiger partial charge in [0.2, 0.25) is 0 Å². The Kier molecular flexibility index (Phi) is 4.61. The predicted molar refractivity (Wildman–Crippen MR) is 87.5 cm³/mol. The number of benzene rings is 1. The van der Waals surface area contributed by atoms with Crippen LogP contribution in [-0.4, -0.2) is 17.4 Å². The third-order valence-corrected chi connectivity index (χ3v) is 4.52. The van der Waals surface area contributed by atoms with Crippen LogP contribution in [0.4, 0.5) is 16.6 Å². The molecule has 1 amide bonds. The first kappa shape index (κ1) is 14.8. The second kappa shape index (κ2) is 6.23. The van der Waals surface area contributed by atoms with E-state index in [2.05, 4.69) is 31.5 Å². The number of rotatable bonds is 4. The summed E-state index contributed by atoms with van der Waals surface area (Å²) in [5.41, 5.74) is 7.55. The number of hydrogen-bond donors (Lipinski definition) is 3. The van der Waals surface area contributed by atoms with E-state index in [1.54, 1.807) is 0 Å². The molecule has 1 heterocycles. The molecule has 0 bridgehead atoms. The Labute approximate surface area is 129 Å². The Morgan fingerprint density at radius 3 is 2.90 bits per heavy atom. The van der Waals surface area contributed by atoms with Crippen LogP contribution in [0.2, 0.25) is 0 Å². The summed E-state index contributed by atoms with van der Waals surface area (Å²) in [6.45, 7) is 4.66. The van der Waals surface area contributed by atoms with Crippen molar-refractivity contribution in [2.45, 2.75) is 13.8 Å². The SMILES string of the molecule is CCNc1nc(N)c(C(=O)Nc2ccc(Br)c(C)c2)s1. The van der Waals surface area contributed by atoms with Crippen molar-refractivity contribution in [2.75, 3.05) is 22.9 Å². The summed E-state index contributed by atoms with van der Waals surface area (Å²) in [5.74, 6) is 0.00293. The van der Waals surface area contributed by atoms with Crippen LogP contribution >= 0.6 is 27.3 Å². The molecule has 1 aromatic heterocycles. The van der Waals surface area contributed by atoms with Gasteiger partial charge in [0.05, 0.1) is 0 Å². The van der Waals surface area contributed by atoms with E-state index in [1.807, 2.05) is 32.0 Å². The van der Waals surface area contributed by atoms with Gasteiger partial charge in [-0.1, -0.05) is 27.3 Å². The normalized spacial score (nSPS) is 10.3. The number of amides is 1. The van der Waals surface area contributed by atoms with Crippen molar-refractivity contribution in [2.24, 2.45) is 0 Å². The molecule has 0 aliphatic rings. The van der Waals surface area contributed by atoms with E-state index in [4.69, 9.17) is 5.73 Å². The summed E-state index contributed by atoms with van der Waals surface area (Å²) in [6.07, 6.45) is 0. The fourth-order valence-electron chi connectivity index (χ4n) is 1.63. The largest absolute Gasteiger partial charge is 0.382 e. The van der Waals surface area contributed by atoms with Crippen LogP contribution in [0.25, 0.3) is 0 Å². The van der Waals surface area contributed by atoms with Gasteiger partial charge < -0.3 is 16.4 Å². The van der Waals surface area contributed by atoms with Crippen molar-refractivity contribution in [3.8, 4) is 0 Å². The van der Waals surface area contributed by atoms with Crippen LogP contribution in [0.3, 0.4) is 0 Å². The zero-order chi connectivity index (χ0) is 14.7. The third-order valence-electron chi connectivity index (χ3n) is 2.60. The number of thiazole rings is 1. The number of nitrogen functional groups attached to an aromatic ring is 1. The van der Waals surface area contributed by atoms with Gasteiger partial charge in [-0.05, 0) is 37.6 Å². The number of aromatic nitrogens is 1. The number of nitrogens with zero attached hydrogens (tertiary/aromatic N) is 1. The fraction of sp³-hybridized carbons (Fsp3) is 0.231. The second-order valence-electron chi connectivity index (χ2n) is 4.18. The minimum Gasteiger partial charge on any atom is -0.382 e. The van der Waals surface area contributed by atoms with Crippen LogP contribution in [0.5, 0.6) is 0 Å². The average Bonchev–Trinajstić information content (AvgIpc) is 2.75. The predicted octanol–water partition coefficient (Wildman–Crippen LogP) is 3.48. The zero-order valence-electron chi connectivity index (χ0n) is 11.2. The molecule has 0 fully saturated rings. The molecule has 0 unspecified atom stereocenters. The first-order chi connectivity index (χ1) is 9.51. The molecular weight excluding hydrogens is 340 g/mol. The molecule has 0 aliphatic heterocycles. The van der Waals surface area contributed by atoms with Gasteiger partial charge in [-0.3, -0.25) is 4.79 Å². The molecule has 0 saturated carbocycles. The molecule has 106 valence electrons. The molecule has 7 heteroatoms. The number of hydrogen-bond acceptors (Lipinski definition) is 5. The van der Waals surface area contributed by atoms with Crippen LogP contribution in [-0.2, 0) is 0 Å². The summed E-state index contributed by atoms with van der Waals surface area (Å²) in [7, 11) is 0. The molecule has 0 atom stereocenters. The van der Waals surface area contributed by atoms with Crippen LogP contribution in [0, 0.1) is 6.92 Å². The van der Waals surface area contributed by atoms with Crippen molar-refractivity contribution < 1.29 is 4.79 Å². The van der Waals surface area contributed by atoms with E-state index >= 15 is 0 Å². The Balaban J connectivity index is 2.17. The van der Waals surface area contributed by atoms with Gasteiger partial charge in [-0.25, -0.2) is 4.98 Å². The molecule has 2 aromatic rings. The van der Waals surface area contributed by atoms with Gasteiger partial charge in [-0.2, -0.15) is 0 Å². The maximum atomic E-state index is 12.2. The van der Waals surface area contributed by atoms with Gasteiger partial charge in [0.15, 0.2) is 5.13 Å². The first-order valence-electron chi connectivity index (χ1n) is 6.09. The lowest BCUT2D eigenvalue weighted by Gasteiger charge is -2.06. The molecule has 0 saturated heterocycles. The maximum absolute atomic E-state index is 12.2. The smallest absolute Gasteiger partial charge is 0.269 e. The summed E-state index contributed by atoms with van der Waals surface area (Å²) >= 11 is 4.67. The Morgan fingerprint density at radius 2 is 2.25 bits per heavy atom. The number of nitrogens with two attached hydrogens (primary N) is 1. The number of aryl methyl sites for hydroxylation is 1. The molecule has 0 spiro atoms. The molecule has 0 aliphatic carbocycles. The molecule has 4 N–H and O–H groups in total. The summed E-state index contributed by atoms with van der Waals surface area (Å²) in [5, 5.41) is 6.53. The van der Waals surface area contributed by atoms with Crippen molar-refractivity contribution in [3.05, 3.63) is 33.1 Å². The van der Waals surface area contributed by atoms with E-state index in [-0.39, 0.29) is 11.7 Å². The fourth-order valence-corrected chi connectivity index (χ4v) is 2.73. The van der Waals surface area contributed by atoms with E-state index < -0.39 is 0 Å². The number of nitrogens with one attached hydrogen (secondary N) is 2. The topological polar surface area (TPSA) is 80.0 Å². The summed E-state index contributed by atoms with van der Waals surface area (Å²) in [6, 6.07) is 5.62. The lowest BCUT2D eigenvalue weighted by molar-refractivity contribution is 0.103. The monoisotopic (exact) mass is 354 g/mol. The lowest BCUT2D eigenvalue weighted by atomic mass is 10.2. The van der Waals surface area contributed by atoms with Crippen molar-refractivity contribution >= 4 is 49.8 Å². The highest BCUT2D eigenvalue weighted by Crippen LogP contribution is 2.26. The minimum absolute atomic E-state index is 0.245. The number of carbonyl (C=O) groups is 1. The zero-order valence-corrected chi connectivity index (χ0v) is 13.6. The first-order valence-corrected chi connectivity index (χ1v) is 7.70. The molecule has 5 nitrogen and oxygen atoms in total. The Morgan fingerprint density at radius 1 is 1.50 bits per heavy atom. The Hall–Kier alpha value is -1.60. The molecular formula is C13H15BrN4OS. The van der Waals surface area contributed by atoms with Gasteiger partial charge in [0, 0.05) is 16.7 Å². The quantitative estimate of drug-likeness (QED) is 0.785. The Bertz CT molecular complexity index is 641. The maximum Gasteiger partial charge on any atom is 0.269 e. The number of halogens is 1. The van der Waals surface area contributed by atoms with E-state index in [1.165, 1.54) is 11.3 Å². The molecule has 1 aromatic carbocycles. The highest BCUT2D eigenvalue weighted by atomic mass is 79.9. The van der Waals surface area contributed by atoms with Crippen molar-refractivity contribution in [1.29, 1.82) is 0 Å². The van der Waals surface area contributed by atoms with Gasteiger partial charge in [-0.15, -0.1) is 0 Å². The minimum atomic E-state index is -0.245. The average molecular weight is 355 g/mol. The lowest BCUT2D eigenvalue weighted by Crippen LogP contribution is -2.12. The second-order valence-corrected chi connectivity index (χ2v) is 6.04. The highest BCUT2D eigenvalue weighted by molar-refractivity contribution is 9.10.